The maximum atomic E-state index is 12.2. The highest BCUT2D eigenvalue weighted by atomic mass is 16.5. The molecule has 0 aromatic heterocycles. The van der Waals surface area contributed by atoms with Crippen molar-refractivity contribution in [3.63, 3.8) is 0 Å². The van der Waals surface area contributed by atoms with Gasteiger partial charge in [-0.2, -0.15) is 0 Å². The molecule has 24 heavy (non-hydrogen) atoms. The molecule has 130 valence electrons. The smallest absolute Gasteiger partial charge is 0.311 e. The predicted molar refractivity (Wildman–Crippen MR) is 99.2 cm³/mol. The Morgan fingerprint density at radius 3 is 2.75 bits per heavy atom. The van der Waals surface area contributed by atoms with Crippen LogP contribution in [0.15, 0.2) is 24.3 Å². The standard InChI is InChI=1S/C21H29NO2/c1-15-14-21(2,3)22-19-11-10-17(13-18(15)19)24-20(23)12-9-16-7-5-4-6-8-16/h10-11,13-14,16,22H,4-9,12H2,1-3H3. The van der Waals surface area contributed by atoms with Crippen LogP contribution in [0.5, 0.6) is 5.75 Å². The molecule has 1 saturated carbocycles. The van der Waals surface area contributed by atoms with Crippen molar-refractivity contribution in [3.05, 3.63) is 29.8 Å². The number of esters is 1. The quantitative estimate of drug-likeness (QED) is 0.581. The van der Waals surface area contributed by atoms with Crippen molar-refractivity contribution in [3.8, 4) is 5.75 Å². The van der Waals surface area contributed by atoms with Gasteiger partial charge in [0.05, 0.1) is 5.54 Å². The largest absolute Gasteiger partial charge is 0.427 e. The molecule has 0 unspecified atom stereocenters. The van der Waals surface area contributed by atoms with Gasteiger partial charge in [0, 0.05) is 17.7 Å². The Morgan fingerprint density at radius 2 is 2.00 bits per heavy atom. The van der Waals surface area contributed by atoms with Crippen LogP contribution in [-0.4, -0.2) is 11.5 Å². The van der Waals surface area contributed by atoms with Crippen molar-refractivity contribution in [1.82, 2.24) is 0 Å². The van der Waals surface area contributed by atoms with E-state index in [1.165, 1.54) is 37.7 Å². The molecule has 3 rings (SSSR count). The molecule has 1 fully saturated rings. The van der Waals surface area contributed by atoms with Crippen molar-refractivity contribution in [1.29, 1.82) is 0 Å². The van der Waals surface area contributed by atoms with Crippen LogP contribution in [-0.2, 0) is 4.79 Å². The minimum absolute atomic E-state index is 0.0464. The number of benzene rings is 1. The molecule has 0 bridgehead atoms. The third-order valence-corrected chi connectivity index (χ3v) is 5.16. The van der Waals surface area contributed by atoms with E-state index in [2.05, 4.69) is 32.2 Å². The Hall–Kier alpha value is -1.77. The summed E-state index contributed by atoms with van der Waals surface area (Å²) < 4.78 is 5.58. The molecule has 0 saturated heterocycles. The Bertz CT molecular complexity index is 639. The van der Waals surface area contributed by atoms with Crippen LogP contribution in [0, 0.1) is 5.92 Å². The molecule has 0 spiro atoms. The molecule has 1 N–H and O–H groups in total. The Kier molecular flexibility index (Phi) is 4.98. The van der Waals surface area contributed by atoms with Gasteiger partial charge >= 0.3 is 5.97 Å². The monoisotopic (exact) mass is 327 g/mol. The van der Waals surface area contributed by atoms with Gasteiger partial charge < -0.3 is 10.1 Å². The first-order valence-electron chi connectivity index (χ1n) is 9.26. The number of rotatable bonds is 4. The highest BCUT2D eigenvalue weighted by Crippen LogP contribution is 2.36. The summed E-state index contributed by atoms with van der Waals surface area (Å²) in [6.07, 6.45) is 10.3. The van der Waals surface area contributed by atoms with Crippen LogP contribution >= 0.6 is 0 Å². The molecular weight excluding hydrogens is 298 g/mol. The molecule has 1 aliphatic carbocycles. The highest BCUT2D eigenvalue weighted by Gasteiger charge is 2.23. The summed E-state index contributed by atoms with van der Waals surface area (Å²) >= 11 is 0. The summed E-state index contributed by atoms with van der Waals surface area (Å²) in [5.74, 6) is 1.26. The van der Waals surface area contributed by atoms with E-state index in [1.54, 1.807) is 0 Å². The number of fused-ring (bicyclic) bond motifs is 1. The van der Waals surface area contributed by atoms with E-state index in [-0.39, 0.29) is 11.5 Å². The van der Waals surface area contributed by atoms with Crippen molar-refractivity contribution in [2.45, 2.75) is 71.3 Å². The van der Waals surface area contributed by atoms with Crippen LogP contribution < -0.4 is 10.1 Å². The van der Waals surface area contributed by atoms with E-state index < -0.39 is 0 Å². The molecule has 0 amide bonds. The van der Waals surface area contributed by atoms with E-state index in [4.69, 9.17) is 4.74 Å². The lowest BCUT2D eigenvalue weighted by Gasteiger charge is -2.31. The third kappa shape index (κ3) is 4.19. The fourth-order valence-corrected chi connectivity index (χ4v) is 4.00. The maximum absolute atomic E-state index is 12.2. The van der Waals surface area contributed by atoms with Gasteiger partial charge in [-0.05, 0) is 56.9 Å². The molecule has 3 nitrogen and oxygen atoms in total. The molecule has 0 radical (unpaired) electrons. The van der Waals surface area contributed by atoms with Crippen LogP contribution in [0.2, 0.25) is 0 Å². The van der Waals surface area contributed by atoms with E-state index in [1.807, 2.05) is 18.2 Å². The molecule has 1 aromatic rings. The van der Waals surface area contributed by atoms with Gasteiger partial charge in [-0.3, -0.25) is 4.79 Å². The second-order valence-corrected chi connectivity index (χ2v) is 7.90. The molecule has 1 aromatic carbocycles. The Labute approximate surface area is 145 Å². The number of allylic oxidation sites excluding steroid dienone is 1. The lowest BCUT2D eigenvalue weighted by molar-refractivity contribution is -0.134. The first-order valence-corrected chi connectivity index (χ1v) is 9.26. The van der Waals surface area contributed by atoms with Gasteiger partial charge in [-0.1, -0.05) is 38.2 Å². The van der Waals surface area contributed by atoms with Crippen LogP contribution in [0.4, 0.5) is 5.69 Å². The Morgan fingerprint density at radius 1 is 1.25 bits per heavy atom. The van der Waals surface area contributed by atoms with Gasteiger partial charge in [0.25, 0.3) is 0 Å². The average molecular weight is 327 g/mol. The second kappa shape index (κ2) is 7.00. The zero-order valence-corrected chi connectivity index (χ0v) is 15.2. The number of hydrogen-bond acceptors (Lipinski definition) is 3. The molecule has 2 aliphatic rings. The maximum Gasteiger partial charge on any atom is 0.311 e. The minimum atomic E-state index is -0.105. The number of hydrogen-bond donors (Lipinski definition) is 1. The highest BCUT2D eigenvalue weighted by molar-refractivity contribution is 5.82. The second-order valence-electron chi connectivity index (χ2n) is 7.90. The van der Waals surface area contributed by atoms with E-state index >= 15 is 0 Å². The van der Waals surface area contributed by atoms with Crippen LogP contribution in [0.1, 0.15) is 71.3 Å². The summed E-state index contributed by atoms with van der Waals surface area (Å²) in [6, 6.07) is 5.87. The normalized spacial score (nSPS) is 19.9. The third-order valence-electron chi connectivity index (χ3n) is 5.16. The SMILES string of the molecule is CC1=CC(C)(C)Nc2ccc(OC(=O)CCC3CCCCC3)cc21. The molecule has 3 heteroatoms. The minimum Gasteiger partial charge on any atom is -0.427 e. The number of carbonyl (C=O) groups is 1. The summed E-state index contributed by atoms with van der Waals surface area (Å²) in [5.41, 5.74) is 3.39. The van der Waals surface area contributed by atoms with E-state index in [9.17, 15) is 4.79 Å². The first kappa shape index (κ1) is 17.1. The number of nitrogens with one attached hydrogen (secondary N) is 1. The average Bonchev–Trinajstić information content (AvgIpc) is 2.54. The topological polar surface area (TPSA) is 38.3 Å². The lowest BCUT2D eigenvalue weighted by Crippen LogP contribution is -2.31. The summed E-state index contributed by atoms with van der Waals surface area (Å²) in [7, 11) is 0. The van der Waals surface area contributed by atoms with Crippen molar-refractivity contribution in [2.24, 2.45) is 5.92 Å². The molecule has 0 atom stereocenters. The van der Waals surface area contributed by atoms with Crippen molar-refractivity contribution >= 4 is 17.2 Å². The summed E-state index contributed by atoms with van der Waals surface area (Å²) in [5, 5.41) is 3.50. The molecular formula is C21H29NO2. The van der Waals surface area contributed by atoms with Gasteiger partial charge in [0.2, 0.25) is 0 Å². The van der Waals surface area contributed by atoms with Gasteiger partial charge in [0.1, 0.15) is 5.75 Å². The molecule has 1 heterocycles. The fourth-order valence-electron chi connectivity index (χ4n) is 4.00. The fraction of sp³-hybridized carbons (Fsp3) is 0.571. The van der Waals surface area contributed by atoms with E-state index in [0.29, 0.717) is 18.1 Å². The molecule has 1 aliphatic heterocycles. The van der Waals surface area contributed by atoms with Gasteiger partial charge in [-0.25, -0.2) is 0 Å². The number of anilines is 1. The number of ether oxygens (including phenoxy) is 1. The first-order chi connectivity index (χ1) is 11.4. The van der Waals surface area contributed by atoms with Crippen molar-refractivity contribution in [2.75, 3.05) is 5.32 Å². The van der Waals surface area contributed by atoms with Gasteiger partial charge in [-0.15, -0.1) is 0 Å². The zero-order chi connectivity index (χ0) is 17.2. The lowest BCUT2D eigenvalue weighted by atomic mass is 9.86. The van der Waals surface area contributed by atoms with E-state index in [0.717, 1.165) is 17.7 Å². The zero-order valence-electron chi connectivity index (χ0n) is 15.2. The summed E-state index contributed by atoms with van der Waals surface area (Å²) in [4.78, 5) is 12.2. The summed E-state index contributed by atoms with van der Waals surface area (Å²) in [6.45, 7) is 6.41. The van der Waals surface area contributed by atoms with Crippen LogP contribution in [0.25, 0.3) is 5.57 Å². The Balaban J connectivity index is 1.60. The van der Waals surface area contributed by atoms with Crippen molar-refractivity contribution < 1.29 is 9.53 Å². The number of carbonyl (C=O) groups excluding carboxylic acids is 1. The van der Waals surface area contributed by atoms with Gasteiger partial charge in [0.15, 0.2) is 0 Å². The predicted octanol–water partition coefficient (Wildman–Crippen LogP) is 5.56. The van der Waals surface area contributed by atoms with Crippen LogP contribution in [0.3, 0.4) is 0 Å².